The molecular formula is C30H23N7O3. The summed E-state index contributed by atoms with van der Waals surface area (Å²) in [6, 6.07) is 22.5. The fourth-order valence-electron chi connectivity index (χ4n) is 3.88. The number of allylic oxidation sites excluding steroid dienone is 7. The molecule has 2 aliphatic rings. The minimum atomic E-state index is -0.429. The van der Waals surface area contributed by atoms with Crippen molar-refractivity contribution in [1.29, 1.82) is 0 Å². The quantitative estimate of drug-likeness (QED) is 0.0831. The maximum atomic E-state index is 13.6. The van der Waals surface area contributed by atoms with Crippen molar-refractivity contribution in [2.24, 2.45) is 21.2 Å². The summed E-state index contributed by atoms with van der Waals surface area (Å²) in [5, 5.41) is 17.7. The molecule has 196 valence electrons. The first-order valence-electron chi connectivity index (χ1n) is 12.2. The third-order valence-corrected chi connectivity index (χ3v) is 5.93. The molecule has 0 aromatic heterocycles. The minimum absolute atomic E-state index is 0.148. The van der Waals surface area contributed by atoms with Crippen molar-refractivity contribution in [2.75, 3.05) is 5.32 Å². The van der Waals surface area contributed by atoms with Gasteiger partial charge in [0.1, 0.15) is 5.82 Å². The molecular weight excluding hydrogens is 506 g/mol. The van der Waals surface area contributed by atoms with E-state index in [0.29, 0.717) is 39.5 Å². The van der Waals surface area contributed by atoms with Gasteiger partial charge in [-0.1, -0.05) is 60.7 Å². The lowest BCUT2D eigenvalue weighted by molar-refractivity contribution is -0.111. The van der Waals surface area contributed by atoms with Gasteiger partial charge in [0.25, 0.3) is 11.8 Å². The van der Waals surface area contributed by atoms with Gasteiger partial charge in [0.05, 0.1) is 16.9 Å². The van der Waals surface area contributed by atoms with Gasteiger partial charge in [0.15, 0.2) is 5.78 Å². The number of fused-ring (bicyclic) bond motifs is 1. The molecule has 1 aliphatic heterocycles. The Labute approximate surface area is 229 Å². The van der Waals surface area contributed by atoms with E-state index in [1.165, 1.54) is 11.1 Å². The summed E-state index contributed by atoms with van der Waals surface area (Å²) < 4.78 is 0. The lowest BCUT2D eigenvalue weighted by Crippen LogP contribution is -2.35. The van der Waals surface area contributed by atoms with Gasteiger partial charge in [-0.2, -0.15) is 5.01 Å². The van der Waals surface area contributed by atoms with Gasteiger partial charge in [-0.15, -0.1) is 15.3 Å². The van der Waals surface area contributed by atoms with Crippen molar-refractivity contribution >= 4 is 34.8 Å². The van der Waals surface area contributed by atoms with Crippen molar-refractivity contribution in [3.05, 3.63) is 143 Å². The van der Waals surface area contributed by atoms with E-state index in [0.717, 1.165) is 0 Å². The van der Waals surface area contributed by atoms with Crippen LogP contribution in [-0.4, -0.2) is 28.4 Å². The molecule has 1 heterocycles. The molecule has 0 saturated heterocycles. The lowest BCUT2D eigenvalue weighted by Gasteiger charge is -2.28. The number of anilines is 1. The molecule has 0 bridgehead atoms. The van der Waals surface area contributed by atoms with Crippen LogP contribution in [0.25, 0.3) is 0 Å². The zero-order chi connectivity index (χ0) is 27.9. The Kier molecular flexibility index (Phi) is 7.61. The van der Waals surface area contributed by atoms with Gasteiger partial charge in [0.2, 0.25) is 5.84 Å². The molecule has 10 nitrogen and oxygen atoms in total. The van der Waals surface area contributed by atoms with Crippen LogP contribution >= 0.6 is 0 Å². The van der Waals surface area contributed by atoms with Crippen LogP contribution in [-0.2, 0) is 4.79 Å². The second-order valence-electron chi connectivity index (χ2n) is 8.55. The summed E-state index contributed by atoms with van der Waals surface area (Å²) in [6.45, 7) is 0. The maximum absolute atomic E-state index is 13.6. The van der Waals surface area contributed by atoms with Crippen LogP contribution in [0.15, 0.2) is 142 Å². The fraction of sp³-hybridized carbons (Fsp3) is 0. The summed E-state index contributed by atoms with van der Waals surface area (Å²) in [5.74, 6) is 4.72. The van der Waals surface area contributed by atoms with Gasteiger partial charge < -0.3 is 5.32 Å². The number of ketones is 1. The highest BCUT2D eigenvalue weighted by Gasteiger charge is 2.28. The van der Waals surface area contributed by atoms with Crippen LogP contribution in [0.1, 0.15) is 26.3 Å². The monoisotopic (exact) mass is 529 g/mol. The third-order valence-electron chi connectivity index (χ3n) is 5.93. The van der Waals surface area contributed by atoms with E-state index in [9.17, 15) is 14.4 Å². The van der Waals surface area contributed by atoms with Crippen LogP contribution in [0.3, 0.4) is 0 Å². The van der Waals surface area contributed by atoms with Gasteiger partial charge in [-0.05, 0) is 54.6 Å². The summed E-state index contributed by atoms with van der Waals surface area (Å²) in [7, 11) is 0. The first kappa shape index (κ1) is 25.9. The molecule has 5 rings (SSSR count). The Morgan fingerprint density at radius 3 is 2.33 bits per heavy atom. The Balaban J connectivity index is 1.56. The van der Waals surface area contributed by atoms with Crippen molar-refractivity contribution < 1.29 is 14.4 Å². The molecule has 0 saturated carbocycles. The first-order valence-corrected chi connectivity index (χ1v) is 12.2. The van der Waals surface area contributed by atoms with Gasteiger partial charge in [-0.25, -0.2) is 5.84 Å². The second-order valence-corrected chi connectivity index (χ2v) is 8.55. The van der Waals surface area contributed by atoms with Crippen molar-refractivity contribution in [3.8, 4) is 0 Å². The number of hydrazine groups is 1. The Morgan fingerprint density at radius 1 is 0.850 bits per heavy atom. The zero-order valence-corrected chi connectivity index (χ0v) is 21.1. The molecule has 0 unspecified atom stereocenters. The number of nitrogens with zero attached hydrogens (tertiary/aromatic N) is 4. The second kappa shape index (κ2) is 11.8. The number of hydrazone groups is 1. The number of hydrogen-bond donors (Lipinski definition) is 3. The number of carbonyl (C=O) groups excluding carboxylic acids is 3. The molecule has 2 amide bonds. The highest BCUT2D eigenvalue weighted by atomic mass is 16.2. The number of nitrogens with one attached hydrogen (secondary N) is 2. The van der Waals surface area contributed by atoms with E-state index in [4.69, 9.17) is 5.84 Å². The number of amides is 2. The number of carbonyl (C=O) groups is 3. The average Bonchev–Trinajstić information content (AvgIpc) is 3.00. The van der Waals surface area contributed by atoms with E-state index >= 15 is 0 Å². The van der Waals surface area contributed by atoms with E-state index < -0.39 is 5.91 Å². The Morgan fingerprint density at radius 2 is 1.57 bits per heavy atom. The molecule has 3 aromatic carbocycles. The molecule has 0 radical (unpaired) electrons. The molecule has 40 heavy (non-hydrogen) atoms. The van der Waals surface area contributed by atoms with Gasteiger partial charge in [0, 0.05) is 16.7 Å². The predicted octanol–water partition coefficient (Wildman–Crippen LogP) is 4.77. The highest BCUT2D eigenvalue weighted by Crippen LogP contribution is 2.28. The largest absolute Gasteiger partial charge is 0.339 e. The van der Waals surface area contributed by atoms with Crippen molar-refractivity contribution in [3.63, 3.8) is 0 Å². The summed E-state index contributed by atoms with van der Waals surface area (Å²) in [6.07, 6.45) is 9.83. The van der Waals surface area contributed by atoms with Gasteiger partial charge in [-0.3, -0.25) is 19.8 Å². The lowest BCUT2D eigenvalue weighted by atomic mass is 10.1. The molecule has 1 aliphatic carbocycles. The summed E-state index contributed by atoms with van der Waals surface area (Å²) in [5.41, 5.74) is 5.01. The van der Waals surface area contributed by atoms with Crippen LogP contribution < -0.4 is 16.6 Å². The molecule has 0 fully saturated rings. The summed E-state index contributed by atoms with van der Waals surface area (Å²) >= 11 is 0. The molecule has 3 aromatic rings. The number of azo groups is 1. The van der Waals surface area contributed by atoms with Crippen LogP contribution in [0.5, 0.6) is 0 Å². The summed E-state index contributed by atoms with van der Waals surface area (Å²) in [4.78, 5) is 37.6. The SMILES string of the molecule is NNC(=O)c1ccc(N=N/C(=N\N2C(=O)c3ccccc3N/C2=C\C=C2/C=CC=CC2=O)c2ccccc2)cc1. The Bertz CT molecular complexity index is 1650. The first-order chi connectivity index (χ1) is 19.5. The molecule has 0 atom stereocenters. The van der Waals surface area contributed by atoms with Crippen LogP contribution in [0.4, 0.5) is 11.4 Å². The van der Waals surface area contributed by atoms with Crippen molar-refractivity contribution in [2.45, 2.75) is 0 Å². The van der Waals surface area contributed by atoms with E-state index in [-0.39, 0.29) is 17.5 Å². The maximum Gasteiger partial charge on any atom is 0.282 e. The van der Waals surface area contributed by atoms with E-state index in [1.807, 2.05) is 24.3 Å². The Hall–Kier alpha value is -5.74. The number of hydrogen-bond acceptors (Lipinski definition) is 7. The fourth-order valence-corrected chi connectivity index (χ4v) is 3.88. The van der Waals surface area contributed by atoms with Crippen LogP contribution in [0.2, 0.25) is 0 Å². The smallest absolute Gasteiger partial charge is 0.282 e. The minimum Gasteiger partial charge on any atom is -0.339 e. The highest BCUT2D eigenvalue weighted by molar-refractivity contribution is 6.08. The van der Waals surface area contributed by atoms with Crippen LogP contribution in [0, 0.1) is 0 Å². The predicted molar refractivity (Wildman–Crippen MR) is 151 cm³/mol. The number of nitrogen functional groups attached to an aromatic ring is 1. The number of rotatable bonds is 5. The average molecular weight is 530 g/mol. The third kappa shape index (κ3) is 5.72. The number of para-hydroxylation sites is 1. The molecule has 0 spiro atoms. The van der Waals surface area contributed by atoms with Crippen molar-refractivity contribution in [1.82, 2.24) is 10.4 Å². The molecule has 10 heteroatoms. The zero-order valence-electron chi connectivity index (χ0n) is 21.1. The normalized spacial score (nSPS) is 16.9. The van der Waals surface area contributed by atoms with E-state index in [2.05, 4.69) is 26.1 Å². The van der Waals surface area contributed by atoms with E-state index in [1.54, 1.807) is 85.0 Å². The standard InChI is InChI=1S/C30H23N7O3/c31-33-29(39)22-14-17-23(18-15-22)34-35-28(21-9-2-1-3-10-21)36-37-27(19-16-20-8-4-7-13-26(20)38)32-25-12-6-5-11-24(25)30(37)40/h1-19,32H,31H2,(H,33,39)/b20-16+,27-19+,35-34?,36-28-. The van der Waals surface area contributed by atoms with Gasteiger partial charge >= 0.3 is 0 Å². The number of amidine groups is 1. The number of nitrogens with two attached hydrogens (primary N) is 1. The topological polar surface area (TPSA) is 142 Å². The molecule has 4 N–H and O–H groups in total. The number of benzene rings is 3.